The maximum Gasteiger partial charge on any atom is 0.255 e. The minimum absolute atomic E-state index is 0.0348. The topological polar surface area (TPSA) is 84.6 Å². The third-order valence-electron chi connectivity index (χ3n) is 2.27. The van der Waals surface area contributed by atoms with Crippen LogP contribution in [0.15, 0.2) is 18.2 Å². The molecule has 5 heteroatoms. The number of rotatable bonds is 3. The van der Waals surface area contributed by atoms with Crippen molar-refractivity contribution in [2.24, 2.45) is 0 Å². The Morgan fingerprint density at radius 1 is 1.35 bits per heavy atom. The van der Waals surface area contributed by atoms with Gasteiger partial charge in [0.1, 0.15) is 18.0 Å². The van der Waals surface area contributed by atoms with Crippen LogP contribution >= 0.6 is 0 Å². The lowest BCUT2D eigenvalue weighted by Crippen LogP contribution is -2.37. The Hall–Kier alpha value is -2.22. The molecule has 1 aromatic rings. The number of aromatic hydroxyl groups is 2. The highest BCUT2D eigenvalue weighted by Crippen LogP contribution is 2.21. The number of nitrogens with zero attached hydrogens (tertiary/aromatic N) is 2. The summed E-state index contributed by atoms with van der Waals surface area (Å²) in [5.41, 5.74) is 0.159. The van der Waals surface area contributed by atoms with Crippen molar-refractivity contribution in [3.63, 3.8) is 0 Å². The molecule has 0 aromatic heterocycles. The molecule has 90 valence electrons. The number of benzene rings is 1. The molecule has 0 atom stereocenters. The van der Waals surface area contributed by atoms with E-state index in [1.807, 2.05) is 6.07 Å². The van der Waals surface area contributed by atoms with Crippen molar-refractivity contribution in [3.8, 4) is 17.6 Å². The molecule has 0 bridgehead atoms. The van der Waals surface area contributed by atoms with Gasteiger partial charge in [0, 0.05) is 17.7 Å². The third-order valence-corrected chi connectivity index (χ3v) is 2.27. The molecule has 0 fully saturated rings. The summed E-state index contributed by atoms with van der Waals surface area (Å²) in [7, 11) is 0. The zero-order chi connectivity index (χ0) is 13.0. The van der Waals surface area contributed by atoms with E-state index in [-0.39, 0.29) is 29.6 Å². The SMILES string of the molecule is CC(C)N(CC#N)C(=O)c1cc(O)cc(O)c1. The lowest BCUT2D eigenvalue weighted by Gasteiger charge is -2.23. The van der Waals surface area contributed by atoms with Crippen LogP contribution in [0.4, 0.5) is 0 Å². The van der Waals surface area contributed by atoms with E-state index >= 15 is 0 Å². The van der Waals surface area contributed by atoms with Gasteiger partial charge in [0.25, 0.3) is 5.91 Å². The van der Waals surface area contributed by atoms with E-state index in [0.29, 0.717) is 0 Å². The molecule has 0 saturated heterocycles. The van der Waals surface area contributed by atoms with E-state index in [4.69, 9.17) is 5.26 Å². The Labute approximate surface area is 99.5 Å². The fourth-order valence-electron chi connectivity index (χ4n) is 1.45. The van der Waals surface area contributed by atoms with Gasteiger partial charge in [0.05, 0.1) is 6.07 Å². The molecule has 2 N–H and O–H groups in total. The van der Waals surface area contributed by atoms with E-state index in [0.717, 1.165) is 6.07 Å². The summed E-state index contributed by atoms with van der Waals surface area (Å²) < 4.78 is 0. The average Bonchev–Trinajstić information content (AvgIpc) is 2.23. The molecule has 1 aromatic carbocycles. The Morgan fingerprint density at radius 2 is 1.88 bits per heavy atom. The molecule has 0 heterocycles. The Kier molecular flexibility index (Phi) is 3.94. The lowest BCUT2D eigenvalue weighted by atomic mass is 10.1. The average molecular weight is 234 g/mol. The summed E-state index contributed by atoms with van der Waals surface area (Å²) in [5, 5.41) is 27.2. The predicted molar refractivity (Wildman–Crippen MR) is 61.6 cm³/mol. The Morgan fingerprint density at radius 3 is 2.29 bits per heavy atom. The summed E-state index contributed by atoms with van der Waals surface area (Å²) in [6.07, 6.45) is 0. The fourth-order valence-corrected chi connectivity index (χ4v) is 1.45. The molecule has 0 aliphatic carbocycles. The second-order valence-corrected chi connectivity index (χ2v) is 3.92. The normalized spacial score (nSPS) is 10.0. The van der Waals surface area contributed by atoms with Crippen LogP contribution in [0.5, 0.6) is 11.5 Å². The first-order valence-electron chi connectivity index (χ1n) is 5.16. The first-order valence-corrected chi connectivity index (χ1v) is 5.16. The largest absolute Gasteiger partial charge is 0.508 e. The number of hydrogen-bond acceptors (Lipinski definition) is 4. The van der Waals surface area contributed by atoms with Crippen molar-refractivity contribution in [2.45, 2.75) is 19.9 Å². The Bertz CT molecular complexity index is 443. The van der Waals surface area contributed by atoms with Crippen molar-refractivity contribution in [2.75, 3.05) is 6.54 Å². The van der Waals surface area contributed by atoms with E-state index < -0.39 is 5.91 Å². The van der Waals surface area contributed by atoms with Crippen molar-refractivity contribution >= 4 is 5.91 Å². The molecule has 0 radical (unpaired) electrons. The van der Waals surface area contributed by atoms with Crippen LogP contribution in [0.1, 0.15) is 24.2 Å². The quantitative estimate of drug-likeness (QED) is 0.775. The van der Waals surface area contributed by atoms with Gasteiger partial charge in [-0.3, -0.25) is 4.79 Å². The van der Waals surface area contributed by atoms with Gasteiger partial charge < -0.3 is 15.1 Å². The van der Waals surface area contributed by atoms with E-state index in [2.05, 4.69) is 0 Å². The zero-order valence-corrected chi connectivity index (χ0v) is 9.71. The van der Waals surface area contributed by atoms with Gasteiger partial charge in [0.15, 0.2) is 0 Å². The second kappa shape index (κ2) is 5.21. The first-order chi connectivity index (χ1) is 7.95. The van der Waals surface area contributed by atoms with Gasteiger partial charge in [-0.2, -0.15) is 5.26 Å². The molecule has 0 aliphatic heterocycles. The minimum atomic E-state index is -0.396. The maximum absolute atomic E-state index is 12.0. The standard InChI is InChI=1S/C12H14N2O3/c1-8(2)14(4-3-13)12(17)9-5-10(15)7-11(16)6-9/h5-8,15-16H,4H2,1-2H3. The molecule has 0 unspecified atom stereocenters. The van der Waals surface area contributed by atoms with Crippen LogP contribution in [0.25, 0.3) is 0 Å². The van der Waals surface area contributed by atoms with Gasteiger partial charge in [-0.1, -0.05) is 0 Å². The van der Waals surface area contributed by atoms with E-state index in [1.54, 1.807) is 13.8 Å². The molecule has 0 saturated carbocycles. The molecule has 1 rings (SSSR count). The van der Waals surface area contributed by atoms with Crippen LogP contribution < -0.4 is 0 Å². The number of carbonyl (C=O) groups is 1. The number of phenolic OH excluding ortho intramolecular Hbond substituents is 2. The smallest absolute Gasteiger partial charge is 0.255 e. The van der Waals surface area contributed by atoms with Gasteiger partial charge in [0.2, 0.25) is 0 Å². The van der Waals surface area contributed by atoms with Gasteiger partial charge in [-0.25, -0.2) is 0 Å². The summed E-state index contributed by atoms with van der Waals surface area (Å²) in [4.78, 5) is 13.4. The molecule has 0 aliphatic rings. The zero-order valence-electron chi connectivity index (χ0n) is 9.71. The lowest BCUT2D eigenvalue weighted by molar-refractivity contribution is 0.0730. The summed E-state index contributed by atoms with van der Waals surface area (Å²) >= 11 is 0. The molecular formula is C12H14N2O3. The van der Waals surface area contributed by atoms with Gasteiger partial charge in [-0.05, 0) is 26.0 Å². The monoisotopic (exact) mass is 234 g/mol. The second-order valence-electron chi connectivity index (χ2n) is 3.92. The number of hydrogen-bond donors (Lipinski definition) is 2. The molecule has 17 heavy (non-hydrogen) atoms. The van der Waals surface area contributed by atoms with E-state index in [1.165, 1.54) is 17.0 Å². The van der Waals surface area contributed by atoms with Crippen LogP contribution in [-0.2, 0) is 0 Å². The molecule has 0 spiro atoms. The van der Waals surface area contributed by atoms with Crippen molar-refractivity contribution in [1.29, 1.82) is 5.26 Å². The van der Waals surface area contributed by atoms with Crippen LogP contribution in [-0.4, -0.2) is 33.6 Å². The molecule has 1 amide bonds. The number of phenols is 2. The third kappa shape index (κ3) is 3.11. The maximum atomic E-state index is 12.0. The number of nitriles is 1. The molecule has 5 nitrogen and oxygen atoms in total. The Balaban J connectivity index is 3.05. The number of amides is 1. The molecular weight excluding hydrogens is 220 g/mol. The van der Waals surface area contributed by atoms with Crippen LogP contribution in [0, 0.1) is 11.3 Å². The first kappa shape index (κ1) is 12.8. The van der Waals surface area contributed by atoms with Crippen molar-refractivity contribution in [3.05, 3.63) is 23.8 Å². The summed E-state index contributed by atoms with van der Waals surface area (Å²) in [6.45, 7) is 3.54. The summed E-state index contributed by atoms with van der Waals surface area (Å²) in [6, 6.07) is 5.43. The highest BCUT2D eigenvalue weighted by molar-refractivity contribution is 5.95. The van der Waals surface area contributed by atoms with E-state index in [9.17, 15) is 15.0 Å². The summed E-state index contributed by atoms with van der Waals surface area (Å²) in [5.74, 6) is -0.768. The van der Waals surface area contributed by atoms with Gasteiger partial charge >= 0.3 is 0 Å². The van der Waals surface area contributed by atoms with Gasteiger partial charge in [-0.15, -0.1) is 0 Å². The van der Waals surface area contributed by atoms with Crippen LogP contribution in [0.3, 0.4) is 0 Å². The fraction of sp³-hybridized carbons (Fsp3) is 0.333. The number of carbonyl (C=O) groups excluding carboxylic acids is 1. The minimum Gasteiger partial charge on any atom is -0.508 e. The van der Waals surface area contributed by atoms with Crippen molar-refractivity contribution < 1.29 is 15.0 Å². The highest BCUT2D eigenvalue weighted by atomic mass is 16.3. The predicted octanol–water partition coefficient (Wildman–Crippen LogP) is 1.47. The van der Waals surface area contributed by atoms with Crippen LogP contribution in [0.2, 0.25) is 0 Å². The highest BCUT2D eigenvalue weighted by Gasteiger charge is 2.19. The van der Waals surface area contributed by atoms with Crippen molar-refractivity contribution in [1.82, 2.24) is 4.90 Å².